The molecule has 20 heavy (non-hydrogen) atoms. The molecule has 0 bridgehead atoms. The van der Waals surface area contributed by atoms with E-state index in [0.717, 1.165) is 11.8 Å². The lowest BCUT2D eigenvalue weighted by molar-refractivity contribution is 0.268. The maximum Gasteiger partial charge on any atom is 0.101 e. The summed E-state index contributed by atoms with van der Waals surface area (Å²) < 4.78 is 0. The Morgan fingerprint density at radius 2 is 2.05 bits per heavy atom. The summed E-state index contributed by atoms with van der Waals surface area (Å²) in [6.07, 6.45) is 11.6. The molecule has 1 aliphatic heterocycles. The number of nitrogens with zero attached hydrogens (tertiary/aromatic N) is 2. The molecule has 0 unspecified atom stereocenters. The second-order valence-electron chi connectivity index (χ2n) is 6.06. The standard InChI is InChI=1S/C17H26N2S/c1-2-19-13-7-11-16(19)15-10-6-12-18-17(15)20-14-8-4-3-5-9-14/h6,10,12,14,16H,2-5,7-9,11,13H2,1H3/t16-/m1/s1. The summed E-state index contributed by atoms with van der Waals surface area (Å²) in [4.78, 5) is 7.34. The first kappa shape index (κ1) is 14.4. The molecule has 0 radical (unpaired) electrons. The molecule has 1 aliphatic carbocycles. The number of hydrogen-bond donors (Lipinski definition) is 0. The number of pyridine rings is 1. The van der Waals surface area contributed by atoms with Gasteiger partial charge in [0.25, 0.3) is 0 Å². The van der Waals surface area contributed by atoms with Gasteiger partial charge in [0.1, 0.15) is 5.03 Å². The van der Waals surface area contributed by atoms with Crippen molar-refractivity contribution in [2.24, 2.45) is 0 Å². The van der Waals surface area contributed by atoms with Gasteiger partial charge in [-0.25, -0.2) is 4.98 Å². The quantitative estimate of drug-likeness (QED) is 0.802. The Bertz CT molecular complexity index is 429. The van der Waals surface area contributed by atoms with Crippen molar-refractivity contribution < 1.29 is 0 Å². The first-order chi connectivity index (χ1) is 9.88. The Kier molecular flexibility index (Phi) is 5.00. The van der Waals surface area contributed by atoms with Crippen molar-refractivity contribution in [3.05, 3.63) is 23.9 Å². The van der Waals surface area contributed by atoms with Crippen molar-refractivity contribution in [2.45, 2.75) is 68.2 Å². The maximum atomic E-state index is 4.72. The molecular formula is C17H26N2S. The molecule has 0 amide bonds. The Balaban J connectivity index is 1.77. The predicted molar refractivity (Wildman–Crippen MR) is 86.2 cm³/mol. The van der Waals surface area contributed by atoms with Crippen LogP contribution in [-0.2, 0) is 0 Å². The lowest BCUT2D eigenvalue weighted by atomic mass is 10.0. The first-order valence-corrected chi connectivity index (χ1v) is 9.12. The largest absolute Gasteiger partial charge is 0.297 e. The monoisotopic (exact) mass is 290 g/mol. The van der Waals surface area contributed by atoms with Gasteiger partial charge in [-0.15, -0.1) is 11.8 Å². The highest BCUT2D eigenvalue weighted by Crippen LogP contribution is 2.39. The van der Waals surface area contributed by atoms with E-state index in [1.54, 1.807) is 0 Å². The number of thioether (sulfide) groups is 1. The Morgan fingerprint density at radius 3 is 2.85 bits per heavy atom. The van der Waals surface area contributed by atoms with Crippen LogP contribution in [0, 0.1) is 0 Å². The minimum atomic E-state index is 0.611. The molecule has 3 rings (SSSR count). The lowest BCUT2D eigenvalue weighted by Gasteiger charge is -2.26. The zero-order valence-corrected chi connectivity index (χ0v) is 13.4. The molecule has 0 N–H and O–H groups in total. The van der Waals surface area contributed by atoms with Crippen LogP contribution in [0.15, 0.2) is 23.4 Å². The van der Waals surface area contributed by atoms with Gasteiger partial charge < -0.3 is 0 Å². The summed E-state index contributed by atoms with van der Waals surface area (Å²) in [7, 11) is 0. The van der Waals surface area contributed by atoms with E-state index >= 15 is 0 Å². The number of hydrogen-bond acceptors (Lipinski definition) is 3. The number of aromatic nitrogens is 1. The normalized spacial score (nSPS) is 25.1. The summed E-state index contributed by atoms with van der Waals surface area (Å²) in [5.74, 6) is 0. The van der Waals surface area contributed by atoms with Crippen molar-refractivity contribution in [1.29, 1.82) is 0 Å². The van der Waals surface area contributed by atoms with Crippen LogP contribution < -0.4 is 0 Å². The molecule has 1 aromatic heterocycles. The number of likely N-dealkylation sites (tertiary alicyclic amines) is 1. The van der Waals surface area contributed by atoms with E-state index in [9.17, 15) is 0 Å². The van der Waals surface area contributed by atoms with Crippen LogP contribution in [0.5, 0.6) is 0 Å². The zero-order valence-electron chi connectivity index (χ0n) is 12.6. The van der Waals surface area contributed by atoms with E-state index in [4.69, 9.17) is 4.98 Å². The van der Waals surface area contributed by atoms with Crippen molar-refractivity contribution in [3.8, 4) is 0 Å². The molecule has 1 atom stereocenters. The molecule has 0 aromatic carbocycles. The molecule has 1 aromatic rings. The minimum Gasteiger partial charge on any atom is -0.297 e. The van der Waals surface area contributed by atoms with E-state index in [1.807, 2.05) is 6.20 Å². The predicted octanol–water partition coefficient (Wildman–Crippen LogP) is 4.66. The Labute approximate surface area is 127 Å². The minimum absolute atomic E-state index is 0.611. The molecule has 0 spiro atoms. The van der Waals surface area contributed by atoms with E-state index in [0.29, 0.717) is 6.04 Å². The van der Waals surface area contributed by atoms with Crippen molar-refractivity contribution >= 4 is 11.8 Å². The molecule has 2 nitrogen and oxygen atoms in total. The highest BCUT2D eigenvalue weighted by Gasteiger charge is 2.28. The van der Waals surface area contributed by atoms with Gasteiger partial charge in [-0.2, -0.15) is 0 Å². The third-order valence-corrected chi connectivity index (χ3v) is 6.13. The fourth-order valence-corrected chi connectivity index (χ4v) is 5.00. The van der Waals surface area contributed by atoms with Gasteiger partial charge in [-0.05, 0) is 44.8 Å². The van der Waals surface area contributed by atoms with Crippen molar-refractivity contribution in [3.63, 3.8) is 0 Å². The summed E-state index contributed by atoms with van der Waals surface area (Å²) in [5.41, 5.74) is 1.49. The molecular weight excluding hydrogens is 264 g/mol. The fraction of sp³-hybridized carbons (Fsp3) is 0.706. The topological polar surface area (TPSA) is 16.1 Å². The van der Waals surface area contributed by atoms with Gasteiger partial charge in [0.2, 0.25) is 0 Å². The van der Waals surface area contributed by atoms with Gasteiger partial charge in [0.05, 0.1) is 0 Å². The summed E-state index contributed by atoms with van der Waals surface area (Å²) in [6, 6.07) is 5.04. The lowest BCUT2D eigenvalue weighted by Crippen LogP contribution is -2.23. The van der Waals surface area contributed by atoms with Gasteiger partial charge in [-0.3, -0.25) is 4.90 Å². The van der Waals surface area contributed by atoms with Crippen LogP contribution >= 0.6 is 11.8 Å². The van der Waals surface area contributed by atoms with E-state index < -0.39 is 0 Å². The number of rotatable bonds is 4. The average Bonchev–Trinajstić information content (AvgIpc) is 2.97. The molecule has 2 fully saturated rings. The van der Waals surface area contributed by atoms with Gasteiger partial charge in [0, 0.05) is 23.1 Å². The van der Waals surface area contributed by atoms with Gasteiger partial charge in [0.15, 0.2) is 0 Å². The second kappa shape index (κ2) is 6.95. The smallest absolute Gasteiger partial charge is 0.101 e. The van der Waals surface area contributed by atoms with Crippen LogP contribution in [0.3, 0.4) is 0 Å². The average molecular weight is 290 g/mol. The van der Waals surface area contributed by atoms with E-state index in [2.05, 4.69) is 35.7 Å². The van der Waals surface area contributed by atoms with Crippen molar-refractivity contribution in [1.82, 2.24) is 9.88 Å². The second-order valence-corrected chi connectivity index (χ2v) is 7.35. The summed E-state index contributed by atoms with van der Waals surface area (Å²) in [6.45, 7) is 4.69. The van der Waals surface area contributed by atoms with Gasteiger partial charge in [-0.1, -0.05) is 32.3 Å². The van der Waals surface area contributed by atoms with Crippen LogP contribution in [0.4, 0.5) is 0 Å². The summed E-state index contributed by atoms with van der Waals surface area (Å²) >= 11 is 2.05. The Hall–Kier alpha value is -0.540. The third kappa shape index (κ3) is 3.20. The Morgan fingerprint density at radius 1 is 1.20 bits per heavy atom. The van der Waals surface area contributed by atoms with E-state index in [1.165, 1.54) is 62.1 Å². The van der Waals surface area contributed by atoms with Crippen LogP contribution in [0.1, 0.15) is 63.5 Å². The maximum absolute atomic E-state index is 4.72. The molecule has 2 aliphatic rings. The molecule has 110 valence electrons. The highest BCUT2D eigenvalue weighted by molar-refractivity contribution is 7.99. The fourth-order valence-electron chi connectivity index (χ4n) is 3.65. The molecule has 2 heterocycles. The van der Waals surface area contributed by atoms with Crippen LogP contribution in [-0.4, -0.2) is 28.2 Å². The summed E-state index contributed by atoms with van der Waals surface area (Å²) in [5, 5.41) is 2.11. The molecule has 1 saturated carbocycles. The molecule has 1 saturated heterocycles. The van der Waals surface area contributed by atoms with Gasteiger partial charge >= 0.3 is 0 Å². The molecule has 3 heteroatoms. The van der Waals surface area contributed by atoms with Crippen LogP contribution in [0.2, 0.25) is 0 Å². The van der Waals surface area contributed by atoms with Crippen molar-refractivity contribution in [2.75, 3.05) is 13.1 Å². The highest BCUT2D eigenvalue weighted by atomic mass is 32.2. The van der Waals surface area contributed by atoms with Crippen LogP contribution in [0.25, 0.3) is 0 Å². The SMILES string of the molecule is CCN1CCC[C@@H]1c1cccnc1SC1CCCCC1. The zero-order chi connectivity index (χ0) is 13.8. The first-order valence-electron chi connectivity index (χ1n) is 8.24. The third-order valence-electron chi connectivity index (χ3n) is 4.76. The van der Waals surface area contributed by atoms with E-state index in [-0.39, 0.29) is 0 Å².